The first kappa shape index (κ1) is 8.70. The fraction of sp³-hybridized carbons (Fsp3) is 0.143. The molecule has 0 aliphatic heterocycles. The number of nitrogens with two attached hydrogens (primary N) is 1. The fourth-order valence-corrected chi connectivity index (χ4v) is 1.30. The lowest BCUT2D eigenvalue weighted by Gasteiger charge is -2.01. The highest BCUT2D eigenvalue weighted by Crippen LogP contribution is 2.19. The topological polar surface area (TPSA) is 26.0 Å². The van der Waals surface area contributed by atoms with Gasteiger partial charge in [0.1, 0.15) is 0 Å². The summed E-state index contributed by atoms with van der Waals surface area (Å²) in [6.07, 6.45) is 0. The predicted molar refractivity (Wildman–Crippen MR) is 48.5 cm³/mol. The van der Waals surface area contributed by atoms with Crippen molar-refractivity contribution in [3.8, 4) is 0 Å². The van der Waals surface area contributed by atoms with Crippen LogP contribution in [0.4, 0.5) is 14.5 Å². The van der Waals surface area contributed by atoms with Gasteiger partial charge in [0.2, 0.25) is 0 Å². The first-order valence-electron chi connectivity index (χ1n) is 2.95. The third-order valence-electron chi connectivity index (χ3n) is 1.34. The number of halogens is 3. The molecule has 0 aromatic heterocycles. The Bertz CT molecular complexity index is 275. The number of nitrogen functional groups attached to an aromatic ring is 1. The van der Waals surface area contributed by atoms with Gasteiger partial charge in [0.05, 0.1) is 5.69 Å². The van der Waals surface area contributed by atoms with Crippen molar-refractivity contribution < 1.29 is 8.78 Å². The van der Waals surface area contributed by atoms with Crippen molar-refractivity contribution >= 4 is 28.3 Å². The second-order valence-electron chi connectivity index (χ2n) is 2.08. The average Bonchev–Trinajstić information content (AvgIpc) is 2.01. The van der Waals surface area contributed by atoms with E-state index in [9.17, 15) is 8.78 Å². The molecule has 0 fully saturated rings. The van der Waals surface area contributed by atoms with E-state index in [1.165, 1.54) is 12.1 Å². The molecule has 0 radical (unpaired) electrons. The molecule has 2 N–H and O–H groups in total. The van der Waals surface area contributed by atoms with E-state index in [0.717, 1.165) is 0 Å². The lowest BCUT2D eigenvalue weighted by Crippen LogP contribution is -1.97. The van der Waals surface area contributed by atoms with Gasteiger partial charge in [0.25, 0.3) is 0 Å². The molecule has 0 spiro atoms. The van der Waals surface area contributed by atoms with Crippen LogP contribution in [0, 0.1) is 11.6 Å². The van der Waals surface area contributed by atoms with Crippen molar-refractivity contribution in [2.24, 2.45) is 0 Å². The quantitative estimate of drug-likeness (QED) is 0.473. The van der Waals surface area contributed by atoms with Gasteiger partial charge in [-0.15, -0.1) is 0 Å². The van der Waals surface area contributed by atoms with Gasteiger partial charge >= 0.3 is 0 Å². The minimum atomic E-state index is -0.945. The molecule has 0 heterocycles. The van der Waals surface area contributed by atoms with Gasteiger partial charge in [0.15, 0.2) is 11.6 Å². The molecule has 0 saturated carbocycles. The highest BCUT2D eigenvalue weighted by atomic mass is 127. The smallest absolute Gasteiger partial charge is 0.181 e. The molecule has 11 heavy (non-hydrogen) atoms. The minimum Gasteiger partial charge on any atom is -0.396 e. The molecule has 0 atom stereocenters. The standard InChI is InChI=1S/C7H6F2IN/c8-6-4(3-10)1-2-5(11)7(6)9/h1-2H,3,11H2. The van der Waals surface area contributed by atoms with Crippen molar-refractivity contribution in [1.82, 2.24) is 0 Å². The van der Waals surface area contributed by atoms with E-state index in [0.29, 0.717) is 9.99 Å². The lowest BCUT2D eigenvalue weighted by atomic mass is 10.2. The Kier molecular flexibility index (Phi) is 2.64. The second-order valence-corrected chi connectivity index (χ2v) is 2.84. The molecular formula is C7H6F2IN. The number of alkyl halides is 1. The SMILES string of the molecule is Nc1ccc(CI)c(F)c1F. The Balaban J connectivity index is 3.25. The Labute approximate surface area is 76.7 Å². The zero-order valence-corrected chi connectivity index (χ0v) is 7.73. The number of benzene rings is 1. The molecular weight excluding hydrogens is 263 g/mol. The molecule has 0 amide bonds. The number of hydrogen-bond donors (Lipinski definition) is 1. The van der Waals surface area contributed by atoms with Crippen LogP contribution in [0.1, 0.15) is 5.56 Å². The molecule has 1 aromatic carbocycles. The van der Waals surface area contributed by atoms with Crippen molar-refractivity contribution in [2.75, 3.05) is 5.73 Å². The summed E-state index contributed by atoms with van der Waals surface area (Å²) in [5.41, 5.74) is 5.33. The predicted octanol–water partition coefficient (Wildman–Crippen LogP) is 2.48. The van der Waals surface area contributed by atoms with Crippen LogP contribution in [0.25, 0.3) is 0 Å². The van der Waals surface area contributed by atoms with Gasteiger partial charge in [-0.25, -0.2) is 8.78 Å². The van der Waals surface area contributed by atoms with E-state index in [-0.39, 0.29) is 5.69 Å². The Hall–Kier alpha value is -0.390. The molecule has 0 aliphatic carbocycles. The summed E-state index contributed by atoms with van der Waals surface area (Å²) in [4.78, 5) is 0. The fourth-order valence-electron chi connectivity index (χ4n) is 0.708. The van der Waals surface area contributed by atoms with Gasteiger partial charge < -0.3 is 5.73 Å². The van der Waals surface area contributed by atoms with Crippen LogP contribution < -0.4 is 5.73 Å². The minimum absolute atomic E-state index is 0.142. The van der Waals surface area contributed by atoms with E-state index in [4.69, 9.17) is 5.73 Å². The molecule has 0 bridgehead atoms. The summed E-state index contributed by atoms with van der Waals surface area (Å²) < 4.78 is 25.9. The monoisotopic (exact) mass is 269 g/mol. The van der Waals surface area contributed by atoms with Crippen molar-refractivity contribution in [3.63, 3.8) is 0 Å². The Morgan fingerprint density at radius 1 is 1.27 bits per heavy atom. The average molecular weight is 269 g/mol. The van der Waals surface area contributed by atoms with Gasteiger partial charge in [-0.2, -0.15) is 0 Å². The van der Waals surface area contributed by atoms with Crippen molar-refractivity contribution in [3.05, 3.63) is 29.3 Å². The molecule has 1 aromatic rings. The molecule has 0 unspecified atom stereocenters. The summed E-state index contributed by atoms with van der Waals surface area (Å²) in [7, 11) is 0. The zero-order chi connectivity index (χ0) is 8.43. The van der Waals surface area contributed by atoms with Gasteiger partial charge in [-0.05, 0) is 6.07 Å². The first-order valence-corrected chi connectivity index (χ1v) is 4.47. The van der Waals surface area contributed by atoms with Crippen LogP contribution in [-0.4, -0.2) is 0 Å². The summed E-state index contributed by atoms with van der Waals surface area (Å²) in [6, 6.07) is 2.85. The highest BCUT2D eigenvalue weighted by molar-refractivity contribution is 14.1. The maximum atomic E-state index is 12.8. The third kappa shape index (κ3) is 1.61. The molecule has 0 saturated heterocycles. The van der Waals surface area contributed by atoms with Crippen molar-refractivity contribution in [2.45, 2.75) is 4.43 Å². The van der Waals surface area contributed by atoms with E-state index >= 15 is 0 Å². The van der Waals surface area contributed by atoms with E-state index in [1.807, 2.05) is 22.6 Å². The van der Waals surface area contributed by atoms with Crippen LogP contribution in [0.5, 0.6) is 0 Å². The lowest BCUT2D eigenvalue weighted by molar-refractivity contribution is 0.506. The van der Waals surface area contributed by atoms with Crippen LogP contribution >= 0.6 is 22.6 Å². The molecule has 4 heteroatoms. The first-order chi connectivity index (χ1) is 5.16. The molecule has 1 rings (SSSR count). The highest BCUT2D eigenvalue weighted by Gasteiger charge is 2.09. The Morgan fingerprint density at radius 3 is 2.45 bits per heavy atom. The summed E-state index contributed by atoms with van der Waals surface area (Å²) >= 11 is 1.96. The number of hydrogen-bond acceptors (Lipinski definition) is 1. The molecule has 1 nitrogen and oxygen atoms in total. The van der Waals surface area contributed by atoms with Crippen LogP contribution in [0.3, 0.4) is 0 Å². The maximum Gasteiger partial charge on any atom is 0.181 e. The van der Waals surface area contributed by atoms with E-state index in [1.54, 1.807) is 0 Å². The maximum absolute atomic E-state index is 12.8. The Morgan fingerprint density at radius 2 is 1.91 bits per heavy atom. The van der Waals surface area contributed by atoms with Gasteiger partial charge in [-0.1, -0.05) is 28.7 Å². The number of rotatable bonds is 1. The van der Waals surface area contributed by atoms with Crippen molar-refractivity contribution in [1.29, 1.82) is 0 Å². The summed E-state index contributed by atoms with van der Waals surface area (Å²) in [6.45, 7) is 0. The molecule has 60 valence electrons. The van der Waals surface area contributed by atoms with E-state index in [2.05, 4.69) is 0 Å². The third-order valence-corrected chi connectivity index (χ3v) is 2.16. The normalized spacial score (nSPS) is 10.1. The summed E-state index contributed by atoms with van der Waals surface area (Å²) in [5, 5.41) is 0. The molecule has 0 aliphatic rings. The zero-order valence-electron chi connectivity index (χ0n) is 5.57. The van der Waals surface area contributed by atoms with Gasteiger partial charge in [0, 0.05) is 9.99 Å². The second kappa shape index (κ2) is 3.34. The van der Waals surface area contributed by atoms with E-state index < -0.39 is 11.6 Å². The van der Waals surface area contributed by atoms with Crippen LogP contribution in [0.15, 0.2) is 12.1 Å². The van der Waals surface area contributed by atoms with Crippen LogP contribution in [-0.2, 0) is 4.43 Å². The largest absolute Gasteiger partial charge is 0.396 e. The summed E-state index contributed by atoms with van der Waals surface area (Å²) in [5.74, 6) is -1.78. The van der Waals surface area contributed by atoms with Gasteiger partial charge in [-0.3, -0.25) is 0 Å². The number of anilines is 1. The van der Waals surface area contributed by atoms with Crippen LogP contribution in [0.2, 0.25) is 0 Å².